The van der Waals surface area contributed by atoms with E-state index in [4.69, 9.17) is 26.0 Å². The number of amidine groups is 2. The van der Waals surface area contributed by atoms with Crippen LogP contribution < -0.4 is 20.1 Å². The zero-order valence-corrected chi connectivity index (χ0v) is 18.9. The summed E-state index contributed by atoms with van der Waals surface area (Å²) in [4.78, 5) is 17.0. The van der Waals surface area contributed by atoms with E-state index in [0.29, 0.717) is 17.1 Å². The molecule has 2 aromatic carbocycles. The number of nitrogen functional groups attached to an aromatic ring is 1. The van der Waals surface area contributed by atoms with E-state index in [9.17, 15) is 4.79 Å². The molecule has 174 valence electrons. The van der Waals surface area contributed by atoms with Crippen molar-refractivity contribution < 1.29 is 14.3 Å². The van der Waals surface area contributed by atoms with Crippen LogP contribution in [0.2, 0.25) is 0 Å². The smallest absolute Gasteiger partial charge is 0.334 e. The van der Waals surface area contributed by atoms with Crippen LogP contribution in [0.15, 0.2) is 48.5 Å². The van der Waals surface area contributed by atoms with Gasteiger partial charge in [-0.25, -0.2) is 4.79 Å². The van der Waals surface area contributed by atoms with Crippen molar-refractivity contribution in [3.8, 4) is 11.5 Å². The lowest BCUT2D eigenvalue weighted by atomic mass is 10.1. The first-order chi connectivity index (χ1) is 15.9. The van der Waals surface area contributed by atoms with Crippen LogP contribution in [-0.2, 0) is 4.79 Å². The average Bonchev–Trinajstić information content (AvgIpc) is 3.31. The van der Waals surface area contributed by atoms with Gasteiger partial charge in [0, 0.05) is 43.7 Å². The molecular weight excluding hydrogens is 418 g/mol. The van der Waals surface area contributed by atoms with Gasteiger partial charge in [0.05, 0.1) is 5.84 Å². The Bertz CT molecular complexity index is 1010. The molecule has 0 spiro atoms. The highest BCUT2D eigenvalue weighted by atomic mass is 16.5. The lowest BCUT2D eigenvalue weighted by Crippen LogP contribution is -2.40. The third-order valence-corrected chi connectivity index (χ3v) is 6.27. The van der Waals surface area contributed by atoms with Crippen molar-refractivity contribution in [3.05, 3.63) is 54.1 Å². The molecule has 0 saturated carbocycles. The molecule has 4 rings (SSSR count). The van der Waals surface area contributed by atoms with Gasteiger partial charge >= 0.3 is 5.97 Å². The van der Waals surface area contributed by atoms with Crippen LogP contribution >= 0.6 is 0 Å². The minimum Gasteiger partial charge on any atom is -0.490 e. The number of likely N-dealkylation sites (tertiary alicyclic amines) is 1. The number of nitrogens with two attached hydrogens (primary N) is 1. The minimum absolute atomic E-state index is 0.00729. The summed E-state index contributed by atoms with van der Waals surface area (Å²) in [5.74, 6) is 1.57. The Kier molecular flexibility index (Phi) is 6.82. The number of benzene rings is 2. The molecule has 2 heterocycles. The molecule has 0 aliphatic carbocycles. The number of nitrogens with one attached hydrogen (secondary N) is 2. The fraction of sp³-hybridized carbons (Fsp3) is 0.400. The Morgan fingerprint density at radius 3 is 2.36 bits per heavy atom. The van der Waals surface area contributed by atoms with Gasteiger partial charge in [-0.2, -0.15) is 0 Å². The van der Waals surface area contributed by atoms with Crippen LogP contribution in [0.1, 0.15) is 38.2 Å². The fourth-order valence-electron chi connectivity index (χ4n) is 4.44. The van der Waals surface area contributed by atoms with Crippen LogP contribution in [-0.4, -0.2) is 54.3 Å². The lowest BCUT2D eigenvalue weighted by molar-refractivity contribution is -0.135. The number of carbonyl (C=O) groups excluding carboxylic acids is 1. The topological polar surface area (TPSA) is 116 Å². The summed E-state index contributed by atoms with van der Waals surface area (Å²) in [6.45, 7) is 4.24. The third-order valence-electron chi connectivity index (χ3n) is 6.27. The van der Waals surface area contributed by atoms with Gasteiger partial charge in [-0.1, -0.05) is 12.1 Å². The number of ether oxygens (including phenoxy) is 2. The molecule has 0 amide bonds. The Balaban J connectivity index is 1.34. The van der Waals surface area contributed by atoms with E-state index in [1.807, 2.05) is 42.2 Å². The number of piperidine rings is 1. The molecule has 2 aliphatic heterocycles. The summed E-state index contributed by atoms with van der Waals surface area (Å²) in [5.41, 5.74) is 7.13. The maximum absolute atomic E-state index is 12.9. The van der Waals surface area contributed by atoms with E-state index in [1.165, 1.54) is 0 Å². The molecule has 2 fully saturated rings. The monoisotopic (exact) mass is 449 g/mol. The van der Waals surface area contributed by atoms with E-state index < -0.39 is 0 Å². The molecule has 0 radical (unpaired) electrons. The molecule has 0 bridgehead atoms. The third kappa shape index (κ3) is 5.45. The number of nitrogens with zero attached hydrogens (tertiary/aromatic N) is 2. The maximum atomic E-state index is 12.9. The summed E-state index contributed by atoms with van der Waals surface area (Å²) in [5, 5.41) is 15.4. The lowest BCUT2D eigenvalue weighted by Gasteiger charge is -2.32. The van der Waals surface area contributed by atoms with Crippen molar-refractivity contribution in [2.75, 3.05) is 24.5 Å². The zero-order chi connectivity index (χ0) is 23.4. The van der Waals surface area contributed by atoms with Gasteiger partial charge in [0.25, 0.3) is 0 Å². The second-order valence-corrected chi connectivity index (χ2v) is 8.60. The van der Waals surface area contributed by atoms with Crippen molar-refractivity contribution >= 4 is 23.3 Å². The second-order valence-electron chi connectivity index (χ2n) is 8.60. The normalized spacial score (nSPS) is 18.8. The summed E-state index contributed by atoms with van der Waals surface area (Å²) >= 11 is 0. The number of anilines is 1. The number of rotatable bonds is 6. The summed E-state index contributed by atoms with van der Waals surface area (Å²) < 4.78 is 11.8. The first kappa shape index (κ1) is 22.6. The highest BCUT2D eigenvalue weighted by Crippen LogP contribution is 2.28. The standard InChI is InChI=1S/C25H31N5O3/c1-17(26)29-14-11-22(12-15-29)32-20-7-9-21(10-8-20)33-25(31)23-6-3-13-30(23)19-5-2-4-18(16-19)24(27)28/h2,4-5,7-10,16,22-23,26H,3,6,11-15H2,1H3,(H3,27,28)/t23-/m0/s1. The van der Waals surface area contributed by atoms with Crippen LogP contribution in [0.3, 0.4) is 0 Å². The fourth-order valence-corrected chi connectivity index (χ4v) is 4.44. The highest BCUT2D eigenvalue weighted by molar-refractivity contribution is 5.96. The highest BCUT2D eigenvalue weighted by Gasteiger charge is 2.32. The number of esters is 1. The van der Waals surface area contributed by atoms with E-state index in [1.54, 1.807) is 18.2 Å². The van der Waals surface area contributed by atoms with E-state index in [0.717, 1.165) is 56.8 Å². The van der Waals surface area contributed by atoms with Gasteiger partial charge in [0.15, 0.2) is 0 Å². The van der Waals surface area contributed by atoms with Gasteiger partial charge in [0.2, 0.25) is 0 Å². The average molecular weight is 450 g/mol. The van der Waals surface area contributed by atoms with Gasteiger partial charge in [0.1, 0.15) is 29.5 Å². The Labute approximate surface area is 194 Å². The molecule has 1 atom stereocenters. The molecular formula is C25H31N5O3. The van der Waals surface area contributed by atoms with Crippen molar-refractivity contribution in [2.24, 2.45) is 5.73 Å². The number of carbonyl (C=O) groups is 1. The van der Waals surface area contributed by atoms with Crippen LogP contribution in [0.4, 0.5) is 5.69 Å². The van der Waals surface area contributed by atoms with Gasteiger partial charge in [-0.3, -0.25) is 10.8 Å². The second kappa shape index (κ2) is 9.94. The van der Waals surface area contributed by atoms with Crippen LogP contribution in [0.5, 0.6) is 11.5 Å². The van der Waals surface area contributed by atoms with Gasteiger partial charge in [-0.05, 0) is 56.2 Å². The molecule has 8 nitrogen and oxygen atoms in total. The van der Waals surface area contributed by atoms with E-state index in [2.05, 4.69) is 4.90 Å². The molecule has 33 heavy (non-hydrogen) atoms. The van der Waals surface area contributed by atoms with Gasteiger partial charge in [-0.15, -0.1) is 0 Å². The first-order valence-electron chi connectivity index (χ1n) is 11.4. The van der Waals surface area contributed by atoms with Gasteiger partial charge < -0.3 is 25.0 Å². The number of hydrogen-bond acceptors (Lipinski definition) is 6. The molecule has 4 N–H and O–H groups in total. The predicted molar refractivity (Wildman–Crippen MR) is 129 cm³/mol. The summed E-state index contributed by atoms with van der Waals surface area (Å²) in [6.07, 6.45) is 3.52. The summed E-state index contributed by atoms with van der Waals surface area (Å²) in [6, 6.07) is 14.2. The first-order valence-corrected chi connectivity index (χ1v) is 11.4. The largest absolute Gasteiger partial charge is 0.490 e. The molecule has 0 aromatic heterocycles. The summed E-state index contributed by atoms with van der Waals surface area (Å²) in [7, 11) is 0. The van der Waals surface area contributed by atoms with Crippen LogP contribution in [0.25, 0.3) is 0 Å². The van der Waals surface area contributed by atoms with Crippen molar-refractivity contribution in [1.82, 2.24) is 4.90 Å². The molecule has 2 aromatic rings. The quantitative estimate of drug-likeness (QED) is 0.269. The Morgan fingerprint density at radius 1 is 1.00 bits per heavy atom. The van der Waals surface area contributed by atoms with Crippen LogP contribution in [0, 0.1) is 10.8 Å². The minimum atomic E-state index is -0.370. The van der Waals surface area contributed by atoms with Crippen molar-refractivity contribution in [3.63, 3.8) is 0 Å². The van der Waals surface area contributed by atoms with E-state index in [-0.39, 0.29) is 24.0 Å². The molecule has 2 saturated heterocycles. The SMILES string of the molecule is CC(=N)N1CCC(Oc2ccc(OC(=O)[C@@H]3CCCN3c3cccc(C(=N)N)c3)cc2)CC1. The zero-order valence-electron chi connectivity index (χ0n) is 18.9. The predicted octanol–water partition coefficient (Wildman–Crippen LogP) is 3.39. The Morgan fingerprint density at radius 2 is 1.70 bits per heavy atom. The van der Waals surface area contributed by atoms with Crippen molar-refractivity contribution in [1.29, 1.82) is 10.8 Å². The maximum Gasteiger partial charge on any atom is 0.334 e. The number of hydrogen-bond donors (Lipinski definition) is 3. The molecule has 8 heteroatoms. The molecule has 2 aliphatic rings. The van der Waals surface area contributed by atoms with E-state index >= 15 is 0 Å². The molecule has 0 unspecified atom stereocenters. The van der Waals surface area contributed by atoms with Crippen molar-refractivity contribution in [2.45, 2.75) is 44.8 Å². The Hall–Kier alpha value is -3.55.